The first-order valence-electron chi connectivity index (χ1n) is 36.4. The lowest BCUT2D eigenvalue weighted by atomic mass is 9.74. The van der Waals surface area contributed by atoms with Gasteiger partial charge in [-0.3, -0.25) is 57.5 Å². The second kappa shape index (κ2) is 35.2. The summed E-state index contributed by atoms with van der Waals surface area (Å²) >= 11 is 0. The van der Waals surface area contributed by atoms with Gasteiger partial charge in [0.15, 0.2) is 0 Å². The quantitative estimate of drug-likeness (QED) is 0.183. The van der Waals surface area contributed by atoms with Gasteiger partial charge >= 0.3 is 6.18 Å². The van der Waals surface area contributed by atoms with Gasteiger partial charge in [-0.1, -0.05) is 70.2 Å². The Balaban J connectivity index is 1.21. The molecule has 5 fully saturated rings. The van der Waals surface area contributed by atoms with Crippen LogP contribution in [0.4, 0.5) is 26.3 Å². The number of fused-ring (bicyclic) bond motifs is 3. The normalized spacial score (nSPS) is 27.0. The van der Waals surface area contributed by atoms with E-state index in [0.717, 1.165) is 49.5 Å². The molecule has 2 saturated heterocycles. The van der Waals surface area contributed by atoms with E-state index < -0.39 is 204 Å². The highest BCUT2D eigenvalue weighted by Gasteiger charge is 2.54. The van der Waals surface area contributed by atoms with Crippen molar-refractivity contribution in [2.45, 2.75) is 202 Å². The van der Waals surface area contributed by atoms with E-state index in [0.29, 0.717) is 56.2 Å². The molecule has 2 aromatic carbocycles. The van der Waals surface area contributed by atoms with Crippen molar-refractivity contribution in [2.75, 3.05) is 89.2 Å². The minimum atomic E-state index is -5.43. The lowest BCUT2D eigenvalue weighted by Gasteiger charge is -2.46. The third-order valence-corrected chi connectivity index (χ3v) is 21.9. The highest BCUT2D eigenvalue weighted by atomic mass is 19.4. The SMILES string of the molecule is CCO[C@@H]1C[C@H]2C(=O)NC3(CCC3)C(=O)N(C)[C@@H](C3CCCC3)C(=O)N(C)[C@H](C(=O)N(C)C)CC(=O)N(C)[C@@H](CC3CC3)C(=O)N[C@@H]([C@@H](C)CC)C(=O)N(C)CC(=O)N(C)[C@H]3C/C=C\CCN(C3=O)[C@@H](Cc3ccc(F)cc3)C(=O)N(C)CC(=O)N[C@@H](CCc3cc(F)c(C(F)(F)F)c(F)c3)C(=O)N2C1. The van der Waals surface area contributed by atoms with Crippen LogP contribution in [0.1, 0.15) is 140 Å². The Morgan fingerprint density at radius 2 is 1.32 bits per heavy atom. The number of aryl methyl sites for hydroxylation is 1. The van der Waals surface area contributed by atoms with Gasteiger partial charge in [-0.15, -0.1) is 0 Å². The number of alkyl halides is 3. The molecule has 3 N–H and O–H groups in total. The molecular formula is C74H102F6N12O13. The third-order valence-electron chi connectivity index (χ3n) is 21.9. The summed E-state index contributed by atoms with van der Waals surface area (Å²) in [4.78, 5) is 191. The number of halogens is 6. The first kappa shape index (κ1) is 82.0. The molecule has 6 aliphatic rings. The van der Waals surface area contributed by atoms with Gasteiger partial charge in [-0.05, 0) is 124 Å². The number of carbonyl (C=O) groups excluding carboxylic acids is 12. The Hall–Kier alpha value is -8.64. The number of nitrogens with one attached hydrogen (secondary N) is 3. The summed E-state index contributed by atoms with van der Waals surface area (Å²) in [7, 11) is 11.0. The van der Waals surface area contributed by atoms with Crippen LogP contribution in [-0.2, 0) is 81.3 Å². The zero-order valence-corrected chi connectivity index (χ0v) is 61.9. The monoisotopic (exact) mass is 1480 g/mol. The van der Waals surface area contributed by atoms with Crippen LogP contribution in [-0.4, -0.2) is 264 Å². The number of hydrogen-bond acceptors (Lipinski definition) is 13. The molecule has 2 aromatic rings. The predicted octanol–water partition coefficient (Wildman–Crippen LogP) is 4.61. The highest BCUT2D eigenvalue weighted by molar-refractivity contribution is 6.01. The average molecular weight is 1480 g/mol. The molecule has 8 rings (SSSR count). The van der Waals surface area contributed by atoms with Crippen molar-refractivity contribution in [1.29, 1.82) is 0 Å². The molecule has 0 radical (unpaired) electrons. The van der Waals surface area contributed by atoms with Crippen LogP contribution < -0.4 is 16.0 Å². The molecule has 3 aliphatic carbocycles. The Kier molecular flexibility index (Phi) is 27.5. The highest BCUT2D eigenvalue weighted by Crippen LogP contribution is 2.40. The van der Waals surface area contributed by atoms with Gasteiger partial charge in [-0.25, -0.2) is 13.2 Å². The third kappa shape index (κ3) is 19.5. The number of carbonyl (C=O) groups is 12. The molecule has 3 heterocycles. The van der Waals surface area contributed by atoms with Crippen LogP contribution >= 0.6 is 0 Å². The van der Waals surface area contributed by atoms with Crippen LogP contribution in [0.5, 0.6) is 0 Å². The summed E-state index contributed by atoms with van der Waals surface area (Å²) in [5.74, 6) is -14.8. The zero-order chi connectivity index (χ0) is 77.3. The molecule has 3 saturated carbocycles. The van der Waals surface area contributed by atoms with E-state index in [1.807, 2.05) is 0 Å². The molecule has 12 amide bonds. The van der Waals surface area contributed by atoms with Gasteiger partial charge in [0.05, 0.1) is 25.6 Å². The molecule has 0 unspecified atom stereocenters. The fourth-order valence-electron chi connectivity index (χ4n) is 15.1. The Bertz CT molecular complexity index is 3560. The Labute approximate surface area is 609 Å². The summed E-state index contributed by atoms with van der Waals surface area (Å²) < 4.78 is 92.3. The smallest absolute Gasteiger partial charge is 0.377 e. The van der Waals surface area contributed by atoms with Crippen LogP contribution in [0.25, 0.3) is 0 Å². The van der Waals surface area contributed by atoms with Crippen LogP contribution in [0.15, 0.2) is 48.6 Å². The maximum absolute atomic E-state index is 15.5. The summed E-state index contributed by atoms with van der Waals surface area (Å²) in [5, 5.41) is 8.40. The molecule has 105 heavy (non-hydrogen) atoms. The van der Waals surface area contributed by atoms with Crippen molar-refractivity contribution in [3.63, 3.8) is 0 Å². The number of amides is 12. The van der Waals surface area contributed by atoms with Crippen LogP contribution in [0, 0.1) is 35.2 Å². The standard InChI is InChI=1S/C74H102F6N12O13/c1-12-43(3)62-70(102)86(7)42-60(95)87(8)53-22-15-14-18-33-91(69(53)101)57(37-45-25-28-48(75)29-26-45)68(100)85(6)41-58(93)81-52(30-27-46-34-50(76)61(51(77)35-46)74(78,79)80)66(98)92-40-49(105-13-2)38-55(92)65(97)83-73(31-19-32-73)72(104)90(11)63(47-20-16-17-21-47)71(103)89(10)56(67(99)84(4)5)39-59(94)88(9)54(64(96)82-62)36-44-23-24-44/h14-15,25-26,28-29,34-35,43-44,47,49,52-57,62-63H,12-13,16-24,27,30-33,36-42H2,1-11H3,(H,81,93)(H,82,96)(H,83,97)/b15-14-/t43-,49+,52-,53-,54-,55-,56-,57-,62-,63-/m0/s1. The van der Waals surface area contributed by atoms with Crippen molar-refractivity contribution >= 4 is 70.9 Å². The lowest BCUT2D eigenvalue weighted by Crippen LogP contribution is -2.68. The molecule has 578 valence electrons. The van der Waals surface area contributed by atoms with E-state index in [9.17, 15) is 46.3 Å². The Morgan fingerprint density at radius 3 is 1.90 bits per heavy atom. The zero-order valence-electron chi connectivity index (χ0n) is 61.9. The number of hydrogen-bond donors (Lipinski definition) is 3. The van der Waals surface area contributed by atoms with Gasteiger partial charge in [0.25, 0.3) is 0 Å². The van der Waals surface area contributed by atoms with Gasteiger partial charge < -0.3 is 64.8 Å². The average Bonchev–Trinajstić information content (AvgIpc) is 1.16. The van der Waals surface area contributed by atoms with E-state index in [4.69, 9.17) is 4.74 Å². The van der Waals surface area contributed by atoms with E-state index in [2.05, 4.69) is 16.0 Å². The molecule has 3 aliphatic heterocycles. The van der Waals surface area contributed by atoms with Gasteiger partial charge in [0.2, 0.25) is 70.9 Å². The molecule has 31 heteroatoms. The second-order valence-corrected chi connectivity index (χ2v) is 29.5. The largest absolute Gasteiger partial charge is 0.422 e. The summed E-state index contributed by atoms with van der Waals surface area (Å²) in [6, 6.07) is -5.28. The Morgan fingerprint density at radius 1 is 0.686 bits per heavy atom. The van der Waals surface area contributed by atoms with Crippen LogP contribution in [0.2, 0.25) is 0 Å². The van der Waals surface area contributed by atoms with Crippen molar-refractivity contribution in [1.82, 2.24) is 60.0 Å². The van der Waals surface area contributed by atoms with Gasteiger partial charge in [0.1, 0.15) is 76.9 Å². The van der Waals surface area contributed by atoms with Crippen molar-refractivity contribution in [2.24, 2.45) is 17.8 Å². The minimum absolute atomic E-state index is 0.0201. The van der Waals surface area contributed by atoms with Gasteiger partial charge in [-0.2, -0.15) is 13.2 Å². The van der Waals surface area contributed by atoms with E-state index >= 15 is 37.5 Å². The first-order chi connectivity index (χ1) is 49.5. The summed E-state index contributed by atoms with van der Waals surface area (Å²) in [5.41, 5.74) is -3.84. The topological polar surface area (TPSA) is 279 Å². The molecule has 1 spiro atoms. The lowest BCUT2D eigenvalue weighted by molar-refractivity contribution is -0.158. The van der Waals surface area contributed by atoms with Crippen molar-refractivity contribution in [3.8, 4) is 0 Å². The first-order valence-corrected chi connectivity index (χ1v) is 36.4. The van der Waals surface area contributed by atoms with Crippen molar-refractivity contribution in [3.05, 3.63) is 82.7 Å². The molecule has 25 nitrogen and oxygen atoms in total. The van der Waals surface area contributed by atoms with Crippen molar-refractivity contribution < 1.29 is 88.6 Å². The number of rotatable bonds is 13. The maximum atomic E-state index is 15.5. The van der Waals surface area contributed by atoms with E-state index in [1.54, 1.807) is 32.9 Å². The fourth-order valence-corrected chi connectivity index (χ4v) is 15.1. The van der Waals surface area contributed by atoms with E-state index in [1.165, 1.54) is 88.1 Å². The van der Waals surface area contributed by atoms with E-state index in [-0.39, 0.29) is 76.1 Å². The maximum Gasteiger partial charge on any atom is 0.422 e. The second-order valence-electron chi connectivity index (χ2n) is 29.5. The minimum Gasteiger partial charge on any atom is -0.377 e. The molecular weight excluding hydrogens is 1380 g/mol. The summed E-state index contributed by atoms with van der Waals surface area (Å²) in [6.45, 7) is 3.37. The molecule has 0 aromatic heterocycles. The number of benzene rings is 2. The summed E-state index contributed by atoms with van der Waals surface area (Å²) in [6.07, 6.45) is -0.00832. The number of ether oxygens (including phenoxy) is 1. The number of nitrogens with zero attached hydrogens (tertiary/aromatic N) is 9. The van der Waals surface area contributed by atoms with Crippen LogP contribution in [0.3, 0.4) is 0 Å². The fraction of sp³-hybridized carbons (Fsp3) is 0.649. The van der Waals surface area contributed by atoms with Gasteiger partial charge in [0, 0.05) is 88.9 Å². The predicted molar refractivity (Wildman–Crippen MR) is 371 cm³/mol. The number of likely N-dealkylation sites (N-methyl/N-ethyl adjacent to an activating group) is 7. The molecule has 2 bridgehead atoms. The molecule has 10 atom stereocenters.